The van der Waals surface area contributed by atoms with Gasteiger partial charge in [-0.2, -0.15) is 12.6 Å². The van der Waals surface area contributed by atoms with Crippen LogP contribution in [0.1, 0.15) is 38.9 Å². The van der Waals surface area contributed by atoms with Crippen LogP contribution in [0.4, 0.5) is 5.69 Å². The summed E-state index contributed by atoms with van der Waals surface area (Å²) in [5.41, 5.74) is 6.09. The Labute approximate surface area is 143 Å². The van der Waals surface area contributed by atoms with Gasteiger partial charge in [-0.25, -0.2) is 4.98 Å². The van der Waals surface area contributed by atoms with Gasteiger partial charge >= 0.3 is 0 Å². The van der Waals surface area contributed by atoms with Crippen molar-refractivity contribution in [3.05, 3.63) is 22.4 Å². The first kappa shape index (κ1) is 18.3. The van der Waals surface area contributed by atoms with Gasteiger partial charge in [-0.05, 0) is 58.7 Å². The molecule has 0 saturated carbocycles. The van der Waals surface area contributed by atoms with Crippen molar-refractivity contribution in [1.29, 1.82) is 0 Å². The number of nitrogens with zero attached hydrogens (tertiary/aromatic N) is 2. The predicted molar refractivity (Wildman–Crippen MR) is 98.3 cm³/mol. The number of aromatic nitrogens is 2. The van der Waals surface area contributed by atoms with Crippen LogP contribution in [0.5, 0.6) is 0 Å². The minimum atomic E-state index is -0.445. The average Bonchev–Trinajstić information content (AvgIpc) is 2.51. The van der Waals surface area contributed by atoms with Gasteiger partial charge in [0.2, 0.25) is 0 Å². The second kappa shape index (κ2) is 8.17. The van der Waals surface area contributed by atoms with E-state index < -0.39 is 4.75 Å². The Bertz CT molecular complexity index is 546. The lowest BCUT2D eigenvalue weighted by atomic mass is 9.96. The minimum absolute atomic E-state index is 0.0726. The number of hydrogen-bond donors (Lipinski definition) is 4. The SMILES string of the molecule is CC(C)(S)c1ncc(N2CCC(CNCCCN)CC2)c(=O)[nH]1. The van der Waals surface area contributed by atoms with E-state index in [-0.39, 0.29) is 5.56 Å². The molecule has 0 aromatic carbocycles. The second-order valence-electron chi connectivity index (χ2n) is 6.78. The summed E-state index contributed by atoms with van der Waals surface area (Å²) in [5.74, 6) is 1.28. The van der Waals surface area contributed by atoms with Gasteiger partial charge in [0.15, 0.2) is 0 Å². The Hall–Kier alpha value is -1.05. The zero-order valence-corrected chi connectivity index (χ0v) is 15.0. The Balaban J connectivity index is 1.89. The van der Waals surface area contributed by atoms with Crippen LogP contribution in [0.3, 0.4) is 0 Å². The zero-order chi connectivity index (χ0) is 16.9. The molecule has 0 bridgehead atoms. The first-order valence-corrected chi connectivity index (χ1v) is 8.84. The van der Waals surface area contributed by atoms with Crippen LogP contribution in [0.15, 0.2) is 11.0 Å². The summed E-state index contributed by atoms with van der Waals surface area (Å²) in [6.07, 6.45) is 4.89. The van der Waals surface area contributed by atoms with E-state index in [0.29, 0.717) is 17.4 Å². The molecule has 1 aromatic heterocycles. The lowest BCUT2D eigenvalue weighted by Gasteiger charge is -2.33. The summed E-state index contributed by atoms with van der Waals surface area (Å²) in [6.45, 7) is 8.39. The number of rotatable bonds is 7. The Kier molecular flexibility index (Phi) is 6.50. The number of nitrogens with two attached hydrogens (primary N) is 1. The fourth-order valence-electron chi connectivity index (χ4n) is 2.84. The normalized spacial score (nSPS) is 16.8. The van der Waals surface area contributed by atoms with Crippen LogP contribution in [-0.4, -0.2) is 42.7 Å². The Morgan fingerprint density at radius 1 is 1.48 bits per heavy atom. The molecule has 6 nitrogen and oxygen atoms in total. The monoisotopic (exact) mass is 339 g/mol. The molecule has 130 valence electrons. The molecule has 7 heteroatoms. The standard InChI is InChI=1S/C16H29N5OS/c1-16(2,23)15-19-11-13(14(22)20-15)21-8-4-12(5-9-21)10-18-7-3-6-17/h11-12,18,23H,3-10,17H2,1-2H3,(H,19,20,22). The van der Waals surface area contributed by atoms with E-state index in [1.807, 2.05) is 13.8 Å². The van der Waals surface area contributed by atoms with E-state index in [9.17, 15) is 4.79 Å². The number of hydrogen-bond acceptors (Lipinski definition) is 6. The predicted octanol–water partition coefficient (Wildman–Crippen LogP) is 1.09. The summed E-state index contributed by atoms with van der Waals surface area (Å²) < 4.78 is -0.445. The molecule has 4 N–H and O–H groups in total. The summed E-state index contributed by atoms with van der Waals surface area (Å²) in [7, 11) is 0. The minimum Gasteiger partial charge on any atom is -0.366 e. The van der Waals surface area contributed by atoms with Gasteiger partial charge in [0.1, 0.15) is 11.5 Å². The number of H-pyrrole nitrogens is 1. The third-order valence-corrected chi connectivity index (χ3v) is 4.52. The second-order valence-corrected chi connectivity index (χ2v) is 7.90. The van der Waals surface area contributed by atoms with Gasteiger partial charge in [-0.3, -0.25) is 4.79 Å². The fourth-order valence-corrected chi connectivity index (χ4v) is 2.95. The van der Waals surface area contributed by atoms with Gasteiger partial charge in [0.05, 0.1) is 10.9 Å². The maximum atomic E-state index is 12.3. The van der Waals surface area contributed by atoms with E-state index >= 15 is 0 Å². The summed E-state index contributed by atoms with van der Waals surface area (Å²) in [5, 5.41) is 3.46. The number of anilines is 1. The third-order valence-electron chi connectivity index (χ3n) is 4.31. The molecule has 0 spiro atoms. The van der Waals surface area contributed by atoms with Gasteiger partial charge < -0.3 is 20.9 Å². The Morgan fingerprint density at radius 3 is 2.74 bits per heavy atom. The number of thiol groups is 1. The van der Waals surface area contributed by atoms with Crippen molar-refractivity contribution in [2.45, 2.75) is 37.9 Å². The quantitative estimate of drug-likeness (QED) is 0.441. The number of piperidine rings is 1. The van der Waals surface area contributed by atoms with Gasteiger partial charge in [-0.1, -0.05) is 0 Å². The van der Waals surface area contributed by atoms with Crippen LogP contribution in [-0.2, 0) is 4.75 Å². The van der Waals surface area contributed by atoms with Crippen molar-refractivity contribution in [2.75, 3.05) is 37.6 Å². The molecule has 1 aliphatic rings. The van der Waals surface area contributed by atoms with Crippen LogP contribution in [0, 0.1) is 5.92 Å². The first-order valence-electron chi connectivity index (χ1n) is 8.39. The molecule has 2 heterocycles. The smallest absolute Gasteiger partial charge is 0.274 e. The van der Waals surface area contributed by atoms with Crippen LogP contribution in [0.2, 0.25) is 0 Å². The van der Waals surface area contributed by atoms with Gasteiger partial charge in [-0.15, -0.1) is 0 Å². The van der Waals surface area contributed by atoms with Crippen LogP contribution < -0.4 is 21.5 Å². The third kappa shape index (κ3) is 5.22. The topological polar surface area (TPSA) is 87.0 Å². The van der Waals surface area contributed by atoms with Crippen LogP contribution in [0.25, 0.3) is 0 Å². The molecule has 2 rings (SSSR count). The van der Waals surface area contributed by atoms with Gasteiger partial charge in [0.25, 0.3) is 5.56 Å². The molecule has 1 fully saturated rings. The Morgan fingerprint density at radius 2 is 2.17 bits per heavy atom. The zero-order valence-electron chi connectivity index (χ0n) is 14.1. The molecule has 0 amide bonds. The van der Waals surface area contributed by atoms with E-state index in [1.54, 1.807) is 6.20 Å². The molecule has 1 saturated heterocycles. The highest BCUT2D eigenvalue weighted by molar-refractivity contribution is 7.81. The number of aromatic amines is 1. The summed E-state index contributed by atoms with van der Waals surface area (Å²) in [6, 6.07) is 0. The lowest BCUT2D eigenvalue weighted by molar-refractivity contribution is 0.382. The molecule has 0 unspecified atom stereocenters. The molecular formula is C16H29N5OS. The van der Waals surface area contributed by atoms with Crippen molar-refractivity contribution in [1.82, 2.24) is 15.3 Å². The van der Waals surface area contributed by atoms with Crippen molar-refractivity contribution in [3.8, 4) is 0 Å². The maximum Gasteiger partial charge on any atom is 0.274 e. The molecule has 0 atom stereocenters. The average molecular weight is 340 g/mol. The van der Waals surface area contributed by atoms with Crippen molar-refractivity contribution < 1.29 is 0 Å². The highest BCUT2D eigenvalue weighted by Gasteiger charge is 2.23. The largest absolute Gasteiger partial charge is 0.366 e. The highest BCUT2D eigenvalue weighted by Crippen LogP contribution is 2.24. The van der Waals surface area contributed by atoms with E-state index in [4.69, 9.17) is 5.73 Å². The molecule has 0 aliphatic carbocycles. The molecular weight excluding hydrogens is 310 g/mol. The van der Waals surface area contributed by atoms with Crippen molar-refractivity contribution in [2.24, 2.45) is 11.7 Å². The molecule has 23 heavy (non-hydrogen) atoms. The highest BCUT2D eigenvalue weighted by atomic mass is 32.1. The van der Waals surface area contributed by atoms with Gasteiger partial charge in [0, 0.05) is 13.1 Å². The molecule has 1 aliphatic heterocycles. The maximum absolute atomic E-state index is 12.3. The summed E-state index contributed by atoms with van der Waals surface area (Å²) >= 11 is 4.45. The number of nitrogens with one attached hydrogen (secondary N) is 2. The lowest BCUT2D eigenvalue weighted by Crippen LogP contribution is -2.40. The summed E-state index contributed by atoms with van der Waals surface area (Å²) in [4.78, 5) is 21.7. The first-order chi connectivity index (χ1) is 10.9. The molecule has 0 radical (unpaired) electrons. The van der Waals surface area contributed by atoms with E-state index in [1.165, 1.54) is 0 Å². The molecule has 1 aromatic rings. The van der Waals surface area contributed by atoms with E-state index in [2.05, 4.69) is 32.8 Å². The van der Waals surface area contributed by atoms with Crippen LogP contribution >= 0.6 is 12.6 Å². The van der Waals surface area contributed by atoms with Crippen molar-refractivity contribution >= 4 is 18.3 Å². The van der Waals surface area contributed by atoms with Crippen molar-refractivity contribution in [3.63, 3.8) is 0 Å². The van der Waals surface area contributed by atoms with E-state index in [0.717, 1.165) is 52.0 Å². The fraction of sp³-hybridized carbons (Fsp3) is 0.750.